The fourth-order valence-corrected chi connectivity index (χ4v) is 1.95. The van der Waals surface area contributed by atoms with E-state index < -0.39 is 0 Å². The first-order valence-electron chi connectivity index (χ1n) is 6.25. The van der Waals surface area contributed by atoms with Gasteiger partial charge in [0.25, 0.3) is 0 Å². The van der Waals surface area contributed by atoms with E-state index in [0.29, 0.717) is 29.1 Å². The highest BCUT2D eigenvalue weighted by atomic mass is 79.9. The largest absolute Gasteiger partial charge is 0.456 e. The van der Waals surface area contributed by atoms with Crippen molar-refractivity contribution < 1.29 is 13.6 Å². The summed E-state index contributed by atoms with van der Waals surface area (Å²) in [5.41, 5.74) is 0.430. The summed E-state index contributed by atoms with van der Waals surface area (Å²) in [4.78, 5) is 11.7. The summed E-state index contributed by atoms with van der Waals surface area (Å²) >= 11 is 3.27. The lowest BCUT2D eigenvalue weighted by molar-refractivity contribution is 0.140. The summed E-state index contributed by atoms with van der Waals surface area (Å²) in [7, 11) is 0. The Morgan fingerprint density at radius 2 is 2.21 bits per heavy atom. The first-order chi connectivity index (χ1) is 9.22. The Hall–Kier alpha value is -1.27. The molecule has 0 spiro atoms. The molecular weight excluding hydrogens is 314 g/mol. The summed E-state index contributed by atoms with van der Waals surface area (Å²) in [6.07, 6.45) is 3.61. The highest BCUT2D eigenvalue weighted by Gasteiger charge is 2.11. The molecule has 2 aromatic heterocycles. The number of hydrogen-bond donors (Lipinski definition) is 1. The number of fused-ring (bicyclic) bond motifs is 1. The van der Waals surface area contributed by atoms with Crippen molar-refractivity contribution in [1.82, 2.24) is 0 Å². The van der Waals surface area contributed by atoms with Crippen molar-refractivity contribution in [1.29, 1.82) is 0 Å². The number of furan rings is 1. The van der Waals surface area contributed by atoms with Crippen molar-refractivity contribution in [3.05, 3.63) is 27.0 Å². The van der Waals surface area contributed by atoms with Crippen LogP contribution in [0.4, 0.5) is 5.88 Å². The van der Waals surface area contributed by atoms with Crippen LogP contribution >= 0.6 is 15.9 Å². The second-order valence-electron chi connectivity index (χ2n) is 4.11. The molecule has 0 fully saturated rings. The first kappa shape index (κ1) is 14.1. The molecule has 0 radical (unpaired) electrons. The summed E-state index contributed by atoms with van der Waals surface area (Å²) in [5, 5.41) is 3.02. The molecule has 2 rings (SSSR count). The van der Waals surface area contributed by atoms with E-state index in [1.165, 1.54) is 12.3 Å². The Morgan fingerprint density at radius 3 is 3.00 bits per heavy atom. The fraction of sp³-hybridized carbons (Fsp3) is 0.462. The highest BCUT2D eigenvalue weighted by Crippen LogP contribution is 2.25. The minimum absolute atomic E-state index is 0.207. The van der Waals surface area contributed by atoms with Gasteiger partial charge in [-0.25, -0.2) is 0 Å². The van der Waals surface area contributed by atoms with E-state index in [0.717, 1.165) is 19.4 Å². The molecule has 1 N–H and O–H groups in total. The Labute approximate surface area is 119 Å². The van der Waals surface area contributed by atoms with Crippen LogP contribution in [0.1, 0.15) is 19.8 Å². The van der Waals surface area contributed by atoms with Gasteiger partial charge < -0.3 is 18.9 Å². The van der Waals surface area contributed by atoms with Gasteiger partial charge in [-0.05, 0) is 22.4 Å². The Kier molecular flexibility index (Phi) is 5.04. The summed E-state index contributed by atoms with van der Waals surface area (Å²) < 4.78 is 16.7. The molecule has 0 saturated carbocycles. The zero-order chi connectivity index (χ0) is 13.7. The maximum Gasteiger partial charge on any atom is 0.230 e. The number of halogens is 1. The van der Waals surface area contributed by atoms with Gasteiger partial charge in [0.05, 0.1) is 11.1 Å². The average Bonchev–Trinajstić information content (AvgIpc) is 2.76. The van der Waals surface area contributed by atoms with Gasteiger partial charge in [0.2, 0.25) is 11.0 Å². The Balaban J connectivity index is 1.94. The SMILES string of the molecule is CCCCOCCNc1cc(=O)c2occ(Br)c2o1. The molecule has 6 heteroatoms. The predicted molar refractivity (Wildman–Crippen MR) is 76.7 cm³/mol. The molecule has 2 heterocycles. The van der Waals surface area contributed by atoms with E-state index in [2.05, 4.69) is 28.2 Å². The smallest absolute Gasteiger partial charge is 0.230 e. The molecule has 0 aromatic carbocycles. The minimum atomic E-state index is -0.207. The molecule has 2 aromatic rings. The van der Waals surface area contributed by atoms with Crippen molar-refractivity contribution in [2.24, 2.45) is 0 Å². The van der Waals surface area contributed by atoms with Crippen LogP contribution in [0.25, 0.3) is 11.2 Å². The van der Waals surface area contributed by atoms with Crippen molar-refractivity contribution >= 4 is 33.0 Å². The van der Waals surface area contributed by atoms with Crippen LogP contribution in [0.15, 0.2) is 30.4 Å². The van der Waals surface area contributed by atoms with Gasteiger partial charge in [0.1, 0.15) is 6.26 Å². The van der Waals surface area contributed by atoms with Gasteiger partial charge >= 0.3 is 0 Å². The Morgan fingerprint density at radius 1 is 1.37 bits per heavy atom. The molecule has 5 nitrogen and oxygen atoms in total. The van der Waals surface area contributed by atoms with Crippen LogP contribution in [-0.2, 0) is 4.74 Å². The fourth-order valence-electron chi connectivity index (χ4n) is 1.60. The van der Waals surface area contributed by atoms with Crippen molar-refractivity contribution in [3.8, 4) is 0 Å². The van der Waals surface area contributed by atoms with E-state index in [-0.39, 0.29) is 11.0 Å². The van der Waals surface area contributed by atoms with Gasteiger partial charge in [-0.15, -0.1) is 0 Å². The van der Waals surface area contributed by atoms with E-state index in [9.17, 15) is 4.79 Å². The van der Waals surface area contributed by atoms with E-state index in [1.807, 2.05) is 0 Å². The second-order valence-corrected chi connectivity index (χ2v) is 4.96. The molecule has 0 unspecified atom stereocenters. The van der Waals surface area contributed by atoms with Gasteiger partial charge in [0, 0.05) is 19.2 Å². The zero-order valence-electron chi connectivity index (χ0n) is 10.7. The predicted octanol–water partition coefficient (Wildman–Crippen LogP) is 3.38. The molecule has 19 heavy (non-hydrogen) atoms. The maximum absolute atomic E-state index is 11.7. The van der Waals surface area contributed by atoms with E-state index in [4.69, 9.17) is 13.6 Å². The normalized spacial score (nSPS) is 11.1. The van der Waals surface area contributed by atoms with Crippen molar-refractivity contribution in [2.75, 3.05) is 25.1 Å². The lowest BCUT2D eigenvalue weighted by Crippen LogP contribution is -2.11. The third kappa shape index (κ3) is 3.61. The minimum Gasteiger partial charge on any atom is -0.456 e. The number of ether oxygens (including phenoxy) is 1. The lowest BCUT2D eigenvalue weighted by atomic mass is 10.4. The van der Waals surface area contributed by atoms with Gasteiger partial charge in [0.15, 0.2) is 11.5 Å². The molecule has 0 aliphatic carbocycles. The molecule has 0 atom stereocenters. The number of unbranched alkanes of at least 4 members (excludes halogenated alkanes) is 1. The molecule has 0 aliphatic rings. The monoisotopic (exact) mass is 329 g/mol. The molecular formula is C13H16BrNO4. The molecule has 0 amide bonds. The third-order valence-corrected chi connectivity index (χ3v) is 3.14. The van der Waals surface area contributed by atoms with Crippen LogP contribution in [0, 0.1) is 0 Å². The highest BCUT2D eigenvalue weighted by molar-refractivity contribution is 9.10. The molecule has 104 valence electrons. The van der Waals surface area contributed by atoms with Crippen molar-refractivity contribution in [2.45, 2.75) is 19.8 Å². The van der Waals surface area contributed by atoms with Crippen LogP contribution in [0.5, 0.6) is 0 Å². The number of rotatable bonds is 7. The molecule has 0 aliphatic heterocycles. The third-order valence-electron chi connectivity index (χ3n) is 2.59. The number of hydrogen-bond acceptors (Lipinski definition) is 5. The van der Waals surface area contributed by atoms with Crippen molar-refractivity contribution in [3.63, 3.8) is 0 Å². The van der Waals surface area contributed by atoms with Crippen LogP contribution in [-0.4, -0.2) is 19.8 Å². The molecule has 0 bridgehead atoms. The molecule has 0 saturated heterocycles. The summed E-state index contributed by atoms with van der Waals surface area (Å²) in [6.45, 7) is 4.05. The quantitative estimate of drug-likeness (QED) is 0.789. The van der Waals surface area contributed by atoms with Crippen LogP contribution in [0.3, 0.4) is 0 Å². The average molecular weight is 330 g/mol. The van der Waals surface area contributed by atoms with E-state index in [1.54, 1.807) is 0 Å². The first-order valence-corrected chi connectivity index (χ1v) is 7.04. The van der Waals surface area contributed by atoms with E-state index >= 15 is 0 Å². The van der Waals surface area contributed by atoms with Crippen LogP contribution < -0.4 is 10.7 Å². The van der Waals surface area contributed by atoms with Gasteiger partial charge in [-0.1, -0.05) is 13.3 Å². The second kappa shape index (κ2) is 6.77. The standard InChI is InChI=1S/C13H16BrNO4/c1-2-3-5-17-6-4-15-11-7-10(16)13-12(19-11)9(14)8-18-13/h7-8,15H,2-6H2,1H3. The maximum atomic E-state index is 11.7. The number of anilines is 1. The zero-order valence-corrected chi connectivity index (χ0v) is 12.3. The van der Waals surface area contributed by atoms with Crippen LogP contribution in [0.2, 0.25) is 0 Å². The summed E-state index contributed by atoms with van der Waals surface area (Å²) in [5.74, 6) is 0.415. The van der Waals surface area contributed by atoms with Gasteiger partial charge in [-0.3, -0.25) is 4.79 Å². The number of nitrogens with one attached hydrogen (secondary N) is 1. The summed E-state index contributed by atoms with van der Waals surface area (Å²) in [6, 6.07) is 1.38. The topological polar surface area (TPSA) is 64.6 Å². The Bertz CT molecular complexity index is 590. The lowest BCUT2D eigenvalue weighted by Gasteiger charge is -2.05. The van der Waals surface area contributed by atoms with Gasteiger partial charge in [-0.2, -0.15) is 0 Å².